The number of aromatic amines is 1. The van der Waals surface area contributed by atoms with Crippen molar-refractivity contribution < 1.29 is 23.9 Å². The van der Waals surface area contributed by atoms with Crippen LogP contribution in [0.2, 0.25) is 0 Å². The minimum absolute atomic E-state index is 0.341. The maximum atomic E-state index is 13.0. The number of ketones is 1. The van der Waals surface area contributed by atoms with Crippen molar-refractivity contribution in [3.05, 3.63) is 35.5 Å². The van der Waals surface area contributed by atoms with Gasteiger partial charge in [0, 0.05) is 22.2 Å². The number of carbonyl (C=O) groups is 4. The van der Waals surface area contributed by atoms with Gasteiger partial charge in [0.25, 0.3) is 5.91 Å². The predicted molar refractivity (Wildman–Crippen MR) is 116 cm³/mol. The maximum Gasteiger partial charge on any atom is 0.326 e. The summed E-state index contributed by atoms with van der Waals surface area (Å²) in [4.78, 5) is 54.8. The molecule has 2 aromatic rings. The Kier molecular flexibility index (Phi) is 6.48. The van der Waals surface area contributed by atoms with Gasteiger partial charge in [-0.1, -0.05) is 44.9 Å². The lowest BCUT2D eigenvalue weighted by Crippen LogP contribution is -2.47. The number of carbonyl (C=O) groups excluding carboxylic acids is 4. The highest BCUT2D eigenvalue weighted by Gasteiger charge is 2.50. The van der Waals surface area contributed by atoms with Gasteiger partial charge in [0.1, 0.15) is 12.1 Å². The topological polar surface area (TPSA) is 109 Å². The van der Waals surface area contributed by atoms with Crippen LogP contribution < -0.4 is 5.32 Å². The zero-order valence-corrected chi connectivity index (χ0v) is 18.4. The number of H-pyrrole nitrogens is 1. The van der Waals surface area contributed by atoms with Crippen molar-refractivity contribution in [3.63, 3.8) is 0 Å². The number of para-hydroxylation sites is 1. The van der Waals surface area contributed by atoms with Crippen LogP contribution in [0.15, 0.2) is 24.3 Å². The summed E-state index contributed by atoms with van der Waals surface area (Å²) in [5, 5.41) is 3.51. The van der Waals surface area contributed by atoms with E-state index < -0.39 is 36.1 Å². The lowest BCUT2D eigenvalue weighted by atomic mass is 9.88. The van der Waals surface area contributed by atoms with E-state index in [0.29, 0.717) is 24.1 Å². The highest BCUT2D eigenvalue weighted by Crippen LogP contribution is 2.28. The van der Waals surface area contributed by atoms with E-state index in [4.69, 9.17) is 4.74 Å². The van der Waals surface area contributed by atoms with Crippen LogP contribution in [0.1, 0.15) is 62.5 Å². The number of hydrogen-bond donors (Lipinski definition) is 2. The first-order valence-electron chi connectivity index (χ1n) is 10.7. The van der Waals surface area contributed by atoms with Crippen molar-refractivity contribution in [2.75, 3.05) is 6.54 Å². The summed E-state index contributed by atoms with van der Waals surface area (Å²) in [6.07, 6.45) is 1.40. The molecule has 3 rings (SSSR count). The molecule has 0 unspecified atom stereocenters. The average Bonchev–Trinajstić information content (AvgIpc) is 3.16. The van der Waals surface area contributed by atoms with E-state index in [-0.39, 0.29) is 5.78 Å². The molecular formula is C23H29N3O5. The number of benzene rings is 1. The fourth-order valence-electron chi connectivity index (χ4n) is 4.35. The van der Waals surface area contributed by atoms with Crippen LogP contribution in [0.4, 0.5) is 4.79 Å². The second-order valence-electron chi connectivity index (χ2n) is 8.07. The number of aromatic nitrogens is 1. The Morgan fingerprint density at radius 3 is 2.42 bits per heavy atom. The van der Waals surface area contributed by atoms with E-state index in [0.717, 1.165) is 28.6 Å². The normalized spacial score (nSPS) is 16.5. The Hall–Kier alpha value is -3.16. The summed E-state index contributed by atoms with van der Waals surface area (Å²) in [5.41, 5.74) is 1.01. The Morgan fingerprint density at radius 1 is 1.13 bits per heavy atom. The van der Waals surface area contributed by atoms with Crippen LogP contribution in [-0.2, 0) is 14.3 Å². The molecule has 8 nitrogen and oxygen atoms in total. The van der Waals surface area contributed by atoms with Gasteiger partial charge in [-0.3, -0.25) is 19.3 Å². The standard InChI is InChI=1S/C23H29N3O5/c1-5-11-23(12-6-2)21(29)26(22(30)25-23)13-18(27)31-15(4)20(28)19-14(3)24-17-10-8-7-9-16(17)19/h7-10,15,24H,5-6,11-13H2,1-4H3,(H,25,30)/t15-/m1/s1. The van der Waals surface area contributed by atoms with Crippen LogP contribution in [0.3, 0.4) is 0 Å². The molecule has 166 valence electrons. The quantitative estimate of drug-likeness (QED) is 0.362. The van der Waals surface area contributed by atoms with E-state index in [9.17, 15) is 19.2 Å². The first kappa shape index (κ1) is 22.5. The largest absolute Gasteiger partial charge is 0.453 e. The first-order chi connectivity index (χ1) is 14.7. The number of Topliss-reactive ketones (excluding diaryl/α,β-unsaturated/α-hetero) is 1. The number of fused-ring (bicyclic) bond motifs is 1. The summed E-state index contributed by atoms with van der Waals surface area (Å²) in [7, 11) is 0. The van der Waals surface area contributed by atoms with Gasteiger partial charge in [-0.25, -0.2) is 4.79 Å². The number of amides is 3. The number of urea groups is 1. The Bertz CT molecular complexity index is 1020. The van der Waals surface area contributed by atoms with Gasteiger partial charge in [0.05, 0.1) is 0 Å². The zero-order chi connectivity index (χ0) is 22.8. The molecule has 1 aromatic heterocycles. The molecule has 1 aliphatic heterocycles. The summed E-state index contributed by atoms with van der Waals surface area (Å²) in [5.74, 6) is -1.55. The Labute approximate surface area is 181 Å². The van der Waals surface area contributed by atoms with Gasteiger partial charge in [0.2, 0.25) is 5.78 Å². The van der Waals surface area contributed by atoms with E-state index in [1.54, 1.807) is 6.92 Å². The summed E-state index contributed by atoms with van der Waals surface area (Å²) >= 11 is 0. The van der Waals surface area contributed by atoms with Gasteiger partial charge >= 0.3 is 12.0 Å². The number of esters is 1. The lowest BCUT2D eigenvalue weighted by Gasteiger charge is -2.25. The smallest absolute Gasteiger partial charge is 0.326 e. The fourth-order valence-corrected chi connectivity index (χ4v) is 4.35. The highest BCUT2D eigenvalue weighted by molar-refractivity contribution is 6.12. The van der Waals surface area contributed by atoms with Crippen molar-refractivity contribution in [3.8, 4) is 0 Å². The maximum absolute atomic E-state index is 13.0. The molecular weight excluding hydrogens is 398 g/mol. The number of nitrogens with one attached hydrogen (secondary N) is 2. The fraction of sp³-hybridized carbons (Fsp3) is 0.478. The van der Waals surface area contributed by atoms with Gasteiger partial charge in [-0.15, -0.1) is 0 Å². The molecule has 8 heteroatoms. The van der Waals surface area contributed by atoms with E-state index in [2.05, 4.69) is 10.3 Å². The molecule has 1 fully saturated rings. The van der Waals surface area contributed by atoms with E-state index >= 15 is 0 Å². The van der Waals surface area contributed by atoms with Crippen molar-refractivity contribution in [1.82, 2.24) is 15.2 Å². The van der Waals surface area contributed by atoms with Crippen LogP contribution in [-0.4, -0.2) is 51.8 Å². The van der Waals surface area contributed by atoms with Crippen molar-refractivity contribution in [2.45, 2.75) is 65.0 Å². The monoisotopic (exact) mass is 427 g/mol. The highest BCUT2D eigenvalue weighted by atomic mass is 16.5. The van der Waals surface area contributed by atoms with Crippen LogP contribution in [0.5, 0.6) is 0 Å². The molecule has 1 aliphatic rings. The van der Waals surface area contributed by atoms with Crippen LogP contribution in [0, 0.1) is 6.92 Å². The third-order valence-corrected chi connectivity index (χ3v) is 5.70. The molecule has 0 saturated carbocycles. The third kappa shape index (κ3) is 4.19. The van der Waals surface area contributed by atoms with Crippen molar-refractivity contribution in [2.24, 2.45) is 0 Å². The lowest BCUT2D eigenvalue weighted by molar-refractivity contribution is -0.150. The molecule has 1 aromatic carbocycles. The Morgan fingerprint density at radius 2 is 1.77 bits per heavy atom. The zero-order valence-electron chi connectivity index (χ0n) is 18.4. The minimum Gasteiger partial charge on any atom is -0.453 e. The van der Waals surface area contributed by atoms with Crippen LogP contribution in [0.25, 0.3) is 10.9 Å². The van der Waals surface area contributed by atoms with E-state index in [1.807, 2.05) is 38.1 Å². The van der Waals surface area contributed by atoms with E-state index in [1.165, 1.54) is 6.92 Å². The SMILES string of the molecule is CCCC1(CCC)NC(=O)N(CC(=O)O[C@H](C)C(=O)c2c(C)[nH]c3ccccc23)C1=O. The molecule has 2 N–H and O–H groups in total. The molecule has 1 saturated heterocycles. The van der Waals surface area contributed by atoms with Gasteiger partial charge < -0.3 is 15.0 Å². The van der Waals surface area contributed by atoms with Gasteiger partial charge in [-0.05, 0) is 32.8 Å². The number of imide groups is 1. The number of nitrogens with zero attached hydrogens (tertiary/aromatic N) is 1. The first-order valence-corrected chi connectivity index (χ1v) is 10.7. The summed E-state index contributed by atoms with van der Waals surface area (Å²) in [6.45, 7) is 6.63. The second kappa shape index (κ2) is 8.91. The predicted octanol–water partition coefficient (Wildman–Crippen LogP) is 3.48. The number of hydrogen-bond acceptors (Lipinski definition) is 5. The minimum atomic E-state index is -1.05. The summed E-state index contributed by atoms with van der Waals surface area (Å²) in [6, 6.07) is 6.79. The van der Waals surface area contributed by atoms with Gasteiger partial charge in [-0.2, -0.15) is 0 Å². The van der Waals surface area contributed by atoms with Crippen molar-refractivity contribution >= 4 is 34.6 Å². The third-order valence-electron chi connectivity index (χ3n) is 5.70. The molecule has 0 spiro atoms. The molecule has 3 amide bonds. The molecule has 2 heterocycles. The van der Waals surface area contributed by atoms with Crippen LogP contribution >= 0.6 is 0 Å². The molecule has 1 atom stereocenters. The van der Waals surface area contributed by atoms with Gasteiger partial charge in [0.15, 0.2) is 6.10 Å². The number of rotatable bonds is 9. The molecule has 0 aliphatic carbocycles. The molecule has 0 radical (unpaired) electrons. The number of aryl methyl sites for hydroxylation is 1. The number of ether oxygens (including phenoxy) is 1. The second-order valence-corrected chi connectivity index (χ2v) is 8.07. The average molecular weight is 428 g/mol. The molecule has 0 bridgehead atoms. The Balaban J connectivity index is 1.70. The summed E-state index contributed by atoms with van der Waals surface area (Å²) < 4.78 is 5.31. The van der Waals surface area contributed by atoms with Crippen molar-refractivity contribution in [1.29, 1.82) is 0 Å². The molecule has 31 heavy (non-hydrogen) atoms.